The van der Waals surface area contributed by atoms with Gasteiger partial charge in [-0.05, 0) is 37.6 Å². The molecule has 0 aromatic heterocycles. The molecule has 1 rings (SSSR count). The van der Waals surface area contributed by atoms with Gasteiger partial charge in [-0.3, -0.25) is 9.59 Å². The molecule has 0 saturated heterocycles. The lowest BCUT2D eigenvalue weighted by atomic mass is 10.0. The highest BCUT2D eigenvalue weighted by molar-refractivity contribution is 6.08. The van der Waals surface area contributed by atoms with Gasteiger partial charge in [0.25, 0.3) is 0 Å². The Morgan fingerprint density at radius 2 is 1.94 bits per heavy atom. The minimum absolute atomic E-state index is 0.01000. The van der Waals surface area contributed by atoms with Crippen LogP contribution in [-0.2, 0) is 4.79 Å². The van der Waals surface area contributed by atoms with Gasteiger partial charge in [0, 0.05) is 12.0 Å². The van der Waals surface area contributed by atoms with Crippen LogP contribution in [0.5, 0.6) is 5.75 Å². The van der Waals surface area contributed by atoms with Crippen LogP contribution in [-0.4, -0.2) is 18.2 Å². The van der Waals surface area contributed by atoms with Crippen molar-refractivity contribution in [3.05, 3.63) is 29.3 Å². The van der Waals surface area contributed by atoms with Gasteiger partial charge in [0.2, 0.25) is 0 Å². The zero-order valence-electron chi connectivity index (χ0n) is 10.6. The fourth-order valence-corrected chi connectivity index (χ4v) is 1.55. The molecular formula is C14H18O3. The lowest BCUT2D eigenvalue weighted by molar-refractivity contribution is -0.117. The molecule has 0 fully saturated rings. The Balaban J connectivity index is 2.82. The molecule has 0 heterocycles. The van der Waals surface area contributed by atoms with Crippen molar-refractivity contribution in [2.45, 2.75) is 33.6 Å². The van der Waals surface area contributed by atoms with E-state index in [1.165, 1.54) is 0 Å². The van der Waals surface area contributed by atoms with Crippen molar-refractivity contribution in [2.75, 3.05) is 6.61 Å². The van der Waals surface area contributed by atoms with E-state index in [-0.39, 0.29) is 18.0 Å². The van der Waals surface area contributed by atoms with Crippen LogP contribution >= 0.6 is 0 Å². The Kier molecular flexibility index (Phi) is 4.88. The van der Waals surface area contributed by atoms with E-state index in [0.717, 1.165) is 11.3 Å². The summed E-state index contributed by atoms with van der Waals surface area (Å²) in [6.07, 6.45) is 0.395. The molecule has 0 unspecified atom stereocenters. The number of ether oxygens (including phenoxy) is 1. The van der Waals surface area contributed by atoms with Gasteiger partial charge in [-0.25, -0.2) is 0 Å². The smallest absolute Gasteiger partial charge is 0.170 e. The number of carbonyl (C=O) groups is 2. The summed E-state index contributed by atoms with van der Waals surface area (Å²) < 4.78 is 5.40. The van der Waals surface area contributed by atoms with E-state index in [2.05, 4.69) is 0 Å². The number of aryl methyl sites for hydroxylation is 1. The van der Waals surface area contributed by atoms with Gasteiger partial charge in [-0.15, -0.1) is 0 Å². The highest BCUT2D eigenvalue weighted by Crippen LogP contribution is 2.20. The van der Waals surface area contributed by atoms with Gasteiger partial charge in [0.15, 0.2) is 5.78 Å². The minimum atomic E-state index is -0.122. The van der Waals surface area contributed by atoms with Crippen LogP contribution in [0.4, 0.5) is 0 Å². The van der Waals surface area contributed by atoms with E-state index in [1.54, 1.807) is 25.1 Å². The molecule has 0 aliphatic heterocycles. The second-order valence-corrected chi connectivity index (χ2v) is 3.91. The number of ketones is 2. The Morgan fingerprint density at radius 3 is 2.47 bits per heavy atom. The second-order valence-electron chi connectivity index (χ2n) is 3.91. The van der Waals surface area contributed by atoms with Gasteiger partial charge in [-0.1, -0.05) is 6.92 Å². The fraction of sp³-hybridized carbons (Fsp3) is 0.429. The van der Waals surface area contributed by atoms with Crippen LogP contribution < -0.4 is 4.74 Å². The lowest BCUT2D eigenvalue weighted by Gasteiger charge is -2.08. The summed E-state index contributed by atoms with van der Waals surface area (Å²) in [4.78, 5) is 23.0. The third kappa shape index (κ3) is 3.70. The Bertz CT molecular complexity index is 421. The Labute approximate surface area is 102 Å². The van der Waals surface area contributed by atoms with Gasteiger partial charge >= 0.3 is 0 Å². The number of hydrogen-bond acceptors (Lipinski definition) is 3. The summed E-state index contributed by atoms with van der Waals surface area (Å²) in [5.41, 5.74) is 1.49. The number of carbonyl (C=O) groups excluding carboxylic acids is 2. The summed E-state index contributed by atoms with van der Waals surface area (Å²) in [5.74, 6) is 0.635. The van der Waals surface area contributed by atoms with Crippen molar-refractivity contribution in [1.82, 2.24) is 0 Å². The van der Waals surface area contributed by atoms with E-state index < -0.39 is 0 Å². The predicted octanol–water partition coefficient (Wildman–Crippen LogP) is 2.95. The number of hydrogen-bond donors (Lipinski definition) is 0. The van der Waals surface area contributed by atoms with E-state index in [1.807, 2.05) is 13.8 Å². The molecule has 17 heavy (non-hydrogen) atoms. The molecule has 0 spiro atoms. The maximum Gasteiger partial charge on any atom is 0.170 e. The molecule has 0 atom stereocenters. The van der Waals surface area contributed by atoms with E-state index in [9.17, 15) is 9.59 Å². The summed E-state index contributed by atoms with van der Waals surface area (Å²) in [6.45, 7) is 6.17. The molecule has 1 aromatic carbocycles. The molecule has 1 aromatic rings. The largest absolute Gasteiger partial charge is 0.494 e. The number of benzene rings is 1. The monoisotopic (exact) mass is 234 g/mol. The zero-order chi connectivity index (χ0) is 12.8. The van der Waals surface area contributed by atoms with Crippen LogP contribution in [0, 0.1) is 6.92 Å². The SMILES string of the molecule is CCOc1ccc(C(=O)CC(=O)CC)cc1C. The van der Waals surface area contributed by atoms with Crippen molar-refractivity contribution in [3.8, 4) is 5.75 Å². The summed E-state index contributed by atoms with van der Waals surface area (Å²) in [5, 5.41) is 0. The van der Waals surface area contributed by atoms with E-state index in [0.29, 0.717) is 18.6 Å². The molecule has 0 saturated carbocycles. The third-order valence-electron chi connectivity index (χ3n) is 2.55. The fourth-order valence-electron chi connectivity index (χ4n) is 1.55. The van der Waals surface area contributed by atoms with Crippen LogP contribution in [0.15, 0.2) is 18.2 Å². The molecule has 3 heteroatoms. The van der Waals surface area contributed by atoms with Crippen molar-refractivity contribution in [2.24, 2.45) is 0 Å². The van der Waals surface area contributed by atoms with Gasteiger partial charge < -0.3 is 4.74 Å². The zero-order valence-corrected chi connectivity index (χ0v) is 10.6. The number of rotatable bonds is 6. The first-order chi connectivity index (χ1) is 8.08. The van der Waals surface area contributed by atoms with Crippen molar-refractivity contribution < 1.29 is 14.3 Å². The molecule has 0 aliphatic rings. The van der Waals surface area contributed by atoms with Crippen molar-refractivity contribution in [1.29, 1.82) is 0 Å². The maximum atomic E-state index is 11.8. The van der Waals surface area contributed by atoms with E-state index in [4.69, 9.17) is 4.74 Å². The van der Waals surface area contributed by atoms with Crippen LogP contribution in [0.2, 0.25) is 0 Å². The molecule has 92 valence electrons. The Hall–Kier alpha value is -1.64. The topological polar surface area (TPSA) is 43.4 Å². The molecule has 3 nitrogen and oxygen atoms in total. The average Bonchev–Trinajstić information content (AvgIpc) is 2.31. The quantitative estimate of drug-likeness (QED) is 0.561. The van der Waals surface area contributed by atoms with Gasteiger partial charge in [-0.2, -0.15) is 0 Å². The molecule has 0 bridgehead atoms. The first-order valence-corrected chi connectivity index (χ1v) is 5.86. The van der Waals surface area contributed by atoms with Gasteiger partial charge in [0.1, 0.15) is 11.5 Å². The normalized spacial score (nSPS) is 10.1. The molecule has 0 amide bonds. The molecule has 0 radical (unpaired) electrons. The van der Waals surface area contributed by atoms with Crippen molar-refractivity contribution >= 4 is 11.6 Å². The molecule has 0 aliphatic carbocycles. The second kappa shape index (κ2) is 6.18. The predicted molar refractivity (Wildman–Crippen MR) is 66.6 cm³/mol. The first kappa shape index (κ1) is 13.4. The maximum absolute atomic E-state index is 11.8. The molecular weight excluding hydrogens is 216 g/mol. The highest BCUT2D eigenvalue weighted by Gasteiger charge is 2.11. The van der Waals surface area contributed by atoms with Crippen LogP contribution in [0.3, 0.4) is 0 Å². The van der Waals surface area contributed by atoms with Gasteiger partial charge in [0.05, 0.1) is 13.0 Å². The average molecular weight is 234 g/mol. The number of Topliss-reactive ketones (excluding diaryl/α,β-unsaturated/α-hetero) is 2. The third-order valence-corrected chi connectivity index (χ3v) is 2.55. The van der Waals surface area contributed by atoms with Crippen LogP contribution in [0.1, 0.15) is 42.6 Å². The van der Waals surface area contributed by atoms with E-state index >= 15 is 0 Å². The highest BCUT2D eigenvalue weighted by atomic mass is 16.5. The van der Waals surface area contributed by atoms with Crippen LogP contribution in [0.25, 0.3) is 0 Å². The standard InChI is InChI=1S/C14H18O3/c1-4-12(15)9-13(16)11-6-7-14(17-5-2)10(3)8-11/h6-8H,4-5,9H2,1-3H3. The summed E-state index contributed by atoms with van der Waals surface area (Å²) >= 11 is 0. The molecule has 0 N–H and O–H groups in total. The minimum Gasteiger partial charge on any atom is -0.494 e. The van der Waals surface area contributed by atoms with Crippen molar-refractivity contribution in [3.63, 3.8) is 0 Å². The first-order valence-electron chi connectivity index (χ1n) is 5.86. The summed E-state index contributed by atoms with van der Waals surface area (Å²) in [6, 6.07) is 5.27. The summed E-state index contributed by atoms with van der Waals surface area (Å²) in [7, 11) is 0. The lowest BCUT2D eigenvalue weighted by Crippen LogP contribution is -2.07. The Morgan fingerprint density at radius 1 is 1.24 bits per heavy atom.